The van der Waals surface area contributed by atoms with E-state index >= 15 is 0 Å². The number of hydrogen-bond acceptors (Lipinski definition) is 1. The van der Waals surface area contributed by atoms with Crippen molar-refractivity contribution < 1.29 is 5.11 Å². The molecule has 1 aliphatic rings. The van der Waals surface area contributed by atoms with E-state index in [4.69, 9.17) is 0 Å². The predicted octanol–water partition coefficient (Wildman–Crippen LogP) is 4.90. The van der Waals surface area contributed by atoms with Gasteiger partial charge in [0.05, 0.1) is 6.10 Å². The Morgan fingerprint density at radius 3 is 2.45 bits per heavy atom. The van der Waals surface area contributed by atoms with Gasteiger partial charge in [0.2, 0.25) is 0 Å². The van der Waals surface area contributed by atoms with Crippen LogP contribution in [-0.2, 0) is 6.42 Å². The van der Waals surface area contributed by atoms with Crippen LogP contribution in [0.15, 0.2) is 42.5 Å². The molecule has 1 nitrogen and oxygen atoms in total. The van der Waals surface area contributed by atoms with Gasteiger partial charge in [-0.25, -0.2) is 0 Å². The number of aliphatic hydroxyl groups is 1. The quantitative estimate of drug-likeness (QED) is 0.700. The van der Waals surface area contributed by atoms with Gasteiger partial charge in [0.1, 0.15) is 0 Å². The molecule has 1 fully saturated rings. The van der Waals surface area contributed by atoms with Crippen LogP contribution in [0.25, 0.3) is 0 Å². The second kappa shape index (κ2) is 8.97. The molecule has 1 atom stereocenters. The molecule has 0 aromatic heterocycles. The van der Waals surface area contributed by atoms with Crippen molar-refractivity contribution in [2.24, 2.45) is 5.92 Å². The van der Waals surface area contributed by atoms with Crippen molar-refractivity contribution in [3.8, 4) is 0 Å². The number of rotatable bonds is 7. The smallest absolute Gasteiger partial charge is 0.0571 e. The SMILES string of the molecule is OC(CC/C=C/CCc1ccccc1)C1CCCCC1. The lowest BCUT2D eigenvalue weighted by molar-refractivity contribution is 0.0781. The third kappa shape index (κ3) is 5.50. The normalized spacial score (nSPS) is 18.4. The van der Waals surface area contributed by atoms with Crippen molar-refractivity contribution >= 4 is 0 Å². The van der Waals surface area contributed by atoms with E-state index in [0.29, 0.717) is 5.92 Å². The van der Waals surface area contributed by atoms with Gasteiger partial charge in [0.25, 0.3) is 0 Å². The van der Waals surface area contributed by atoms with E-state index in [2.05, 4.69) is 42.5 Å². The summed E-state index contributed by atoms with van der Waals surface area (Å²) in [5, 5.41) is 10.2. The fourth-order valence-corrected chi connectivity index (χ4v) is 3.15. The molecule has 0 aliphatic heterocycles. The molecule has 20 heavy (non-hydrogen) atoms. The summed E-state index contributed by atoms with van der Waals surface area (Å²) in [7, 11) is 0. The summed E-state index contributed by atoms with van der Waals surface area (Å²) in [6.45, 7) is 0. The highest BCUT2D eigenvalue weighted by Crippen LogP contribution is 2.28. The van der Waals surface area contributed by atoms with E-state index in [9.17, 15) is 5.11 Å². The zero-order valence-corrected chi connectivity index (χ0v) is 12.5. The van der Waals surface area contributed by atoms with Gasteiger partial charge >= 0.3 is 0 Å². The molecular weight excluding hydrogens is 244 g/mol. The average molecular weight is 272 g/mol. The number of hydrogen-bond donors (Lipinski definition) is 1. The Kier molecular flexibility index (Phi) is 6.86. The standard InChI is InChI=1S/C19H28O/c20-19(18-14-8-4-9-15-18)16-10-2-1-5-11-17-12-6-3-7-13-17/h1-3,6-7,12-13,18-20H,4-5,8-11,14-16H2/b2-1+. The zero-order chi connectivity index (χ0) is 14.0. The van der Waals surface area contributed by atoms with Crippen LogP contribution in [0.5, 0.6) is 0 Å². The Bertz CT molecular complexity index is 376. The Morgan fingerprint density at radius 1 is 1.00 bits per heavy atom. The highest BCUT2D eigenvalue weighted by Gasteiger charge is 2.20. The Morgan fingerprint density at radius 2 is 1.70 bits per heavy atom. The highest BCUT2D eigenvalue weighted by molar-refractivity contribution is 5.15. The largest absolute Gasteiger partial charge is 0.393 e. The summed E-state index contributed by atoms with van der Waals surface area (Å²) >= 11 is 0. The van der Waals surface area contributed by atoms with E-state index < -0.39 is 0 Å². The molecule has 110 valence electrons. The third-order valence-corrected chi connectivity index (χ3v) is 4.43. The average Bonchev–Trinajstić information content (AvgIpc) is 2.52. The van der Waals surface area contributed by atoms with Gasteiger partial charge in [0, 0.05) is 0 Å². The van der Waals surface area contributed by atoms with Crippen LogP contribution in [0.2, 0.25) is 0 Å². The summed E-state index contributed by atoms with van der Waals surface area (Å²) in [5.41, 5.74) is 1.40. The molecule has 1 unspecified atom stereocenters. The van der Waals surface area contributed by atoms with Crippen LogP contribution in [0.1, 0.15) is 56.9 Å². The van der Waals surface area contributed by atoms with Gasteiger partial charge in [-0.15, -0.1) is 0 Å². The molecule has 0 saturated heterocycles. The summed E-state index contributed by atoms with van der Waals surface area (Å²) in [6.07, 6.45) is 15.1. The van der Waals surface area contributed by atoms with E-state index in [1.54, 1.807) is 0 Å². The lowest BCUT2D eigenvalue weighted by Gasteiger charge is -2.26. The van der Waals surface area contributed by atoms with E-state index in [1.165, 1.54) is 37.7 Å². The lowest BCUT2D eigenvalue weighted by Crippen LogP contribution is -2.22. The van der Waals surface area contributed by atoms with Gasteiger partial charge in [-0.05, 0) is 50.0 Å². The second-order valence-electron chi connectivity index (χ2n) is 6.04. The van der Waals surface area contributed by atoms with Crippen LogP contribution in [0.4, 0.5) is 0 Å². The molecule has 1 saturated carbocycles. The Hall–Kier alpha value is -1.08. The molecule has 1 heteroatoms. The van der Waals surface area contributed by atoms with Gasteiger partial charge in [-0.3, -0.25) is 0 Å². The molecule has 0 radical (unpaired) electrons. The molecule has 1 aromatic rings. The van der Waals surface area contributed by atoms with E-state index in [1.807, 2.05) is 0 Å². The maximum Gasteiger partial charge on any atom is 0.0571 e. The van der Waals surface area contributed by atoms with Crippen molar-refractivity contribution in [3.63, 3.8) is 0 Å². The van der Waals surface area contributed by atoms with Crippen molar-refractivity contribution in [1.29, 1.82) is 0 Å². The molecule has 0 spiro atoms. The fraction of sp³-hybridized carbons (Fsp3) is 0.579. The predicted molar refractivity (Wildman–Crippen MR) is 85.7 cm³/mol. The minimum Gasteiger partial charge on any atom is -0.393 e. The first-order valence-electron chi connectivity index (χ1n) is 8.23. The number of aliphatic hydroxyl groups excluding tert-OH is 1. The van der Waals surface area contributed by atoms with Crippen LogP contribution in [0, 0.1) is 5.92 Å². The molecule has 0 amide bonds. The highest BCUT2D eigenvalue weighted by atomic mass is 16.3. The first-order valence-corrected chi connectivity index (χ1v) is 8.23. The maximum absolute atomic E-state index is 10.2. The van der Waals surface area contributed by atoms with Crippen LogP contribution in [-0.4, -0.2) is 11.2 Å². The monoisotopic (exact) mass is 272 g/mol. The fourth-order valence-electron chi connectivity index (χ4n) is 3.15. The lowest BCUT2D eigenvalue weighted by atomic mass is 9.84. The van der Waals surface area contributed by atoms with Crippen molar-refractivity contribution in [2.45, 2.75) is 63.9 Å². The van der Waals surface area contributed by atoms with Gasteiger partial charge in [-0.2, -0.15) is 0 Å². The number of aryl methyl sites for hydroxylation is 1. The molecular formula is C19H28O. The van der Waals surface area contributed by atoms with E-state index in [-0.39, 0.29) is 6.10 Å². The minimum absolute atomic E-state index is 0.0749. The summed E-state index contributed by atoms with van der Waals surface area (Å²) in [6, 6.07) is 10.6. The minimum atomic E-state index is -0.0749. The first-order chi connectivity index (χ1) is 9.86. The van der Waals surface area contributed by atoms with Crippen molar-refractivity contribution in [1.82, 2.24) is 0 Å². The molecule has 1 N–H and O–H groups in total. The van der Waals surface area contributed by atoms with Crippen LogP contribution < -0.4 is 0 Å². The van der Waals surface area contributed by atoms with Gasteiger partial charge in [-0.1, -0.05) is 61.7 Å². The van der Waals surface area contributed by atoms with Gasteiger partial charge in [0.15, 0.2) is 0 Å². The van der Waals surface area contributed by atoms with Crippen molar-refractivity contribution in [3.05, 3.63) is 48.0 Å². The number of allylic oxidation sites excluding steroid dienone is 2. The summed E-state index contributed by atoms with van der Waals surface area (Å²) in [4.78, 5) is 0. The first kappa shape index (κ1) is 15.3. The third-order valence-electron chi connectivity index (χ3n) is 4.43. The zero-order valence-electron chi connectivity index (χ0n) is 12.5. The summed E-state index contributed by atoms with van der Waals surface area (Å²) in [5.74, 6) is 0.571. The molecule has 1 aromatic carbocycles. The van der Waals surface area contributed by atoms with Gasteiger partial charge < -0.3 is 5.11 Å². The molecule has 0 heterocycles. The number of benzene rings is 1. The summed E-state index contributed by atoms with van der Waals surface area (Å²) < 4.78 is 0. The Balaban J connectivity index is 1.57. The second-order valence-corrected chi connectivity index (χ2v) is 6.04. The topological polar surface area (TPSA) is 20.2 Å². The van der Waals surface area contributed by atoms with Crippen LogP contribution in [0.3, 0.4) is 0 Å². The van der Waals surface area contributed by atoms with Crippen molar-refractivity contribution in [2.75, 3.05) is 0 Å². The maximum atomic E-state index is 10.2. The molecule has 0 bridgehead atoms. The van der Waals surface area contributed by atoms with E-state index in [0.717, 1.165) is 25.7 Å². The molecule has 1 aliphatic carbocycles. The molecule has 2 rings (SSSR count). The Labute approximate surface area is 123 Å². The van der Waals surface area contributed by atoms with Crippen LogP contribution >= 0.6 is 0 Å².